The lowest BCUT2D eigenvalue weighted by molar-refractivity contribution is -0.137. The SMILES string of the molecule is COc1ccc(-c2cc(=O)oc3c(C)c(OCC(=O)NCCCCCC(=O)O)ccc23)cc1. The van der Waals surface area contributed by atoms with Crippen LogP contribution in [0.1, 0.15) is 31.2 Å². The number of rotatable bonds is 11. The first-order chi connectivity index (χ1) is 15.9. The summed E-state index contributed by atoms with van der Waals surface area (Å²) in [7, 11) is 1.59. The lowest BCUT2D eigenvalue weighted by Crippen LogP contribution is -2.29. The summed E-state index contributed by atoms with van der Waals surface area (Å²) in [6, 6.07) is 12.4. The molecule has 1 amide bonds. The highest BCUT2D eigenvalue weighted by Crippen LogP contribution is 2.33. The number of carbonyl (C=O) groups is 2. The van der Waals surface area contributed by atoms with Crippen LogP contribution in [0.15, 0.2) is 51.7 Å². The van der Waals surface area contributed by atoms with Crippen LogP contribution in [-0.4, -0.2) is 37.2 Å². The molecule has 1 aromatic heterocycles. The van der Waals surface area contributed by atoms with Crippen molar-refractivity contribution in [1.82, 2.24) is 5.32 Å². The summed E-state index contributed by atoms with van der Waals surface area (Å²) < 4.78 is 16.3. The van der Waals surface area contributed by atoms with Crippen molar-refractivity contribution in [2.45, 2.75) is 32.6 Å². The monoisotopic (exact) mass is 453 g/mol. The molecule has 3 rings (SSSR count). The van der Waals surface area contributed by atoms with Gasteiger partial charge >= 0.3 is 11.6 Å². The molecular weight excluding hydrogens is 426 g/mol. The molecule has 174 valence electrons. The summed E-state index contributed by atoms with van der Waals surface area (Å²) in [6.07, 6.45) is 2.15. The molecule has 3 aromatic rings. The predicted octanol–water partition coefficient (Wildman–Crippen LogP) is 3.92. The molecule has 0 aliphatic rings. The maximum absolute atomic E-state index is 12.2. The van der Waals surface area contributed by atoms with E-state index >= 15 is 0 Å². The van der Waals surface area contributed by atoms with Gasteiger partial charge in [-0.1, -0.05) is 18.6 Å². The van der Waals surface area contributed by atoms with Crippen molar-refractivity contribution >= 4 is 22.8 Å². The van der Waals surface area contributed by atoms with Crippen molar-refractivity contribution < 1.29 is 28.6 Å². The van der Waals surface area contributed by atoms with E-state index < -0.39 is 11.6 Å². The molecule has 8 heteroatoms. The van der Waals surface area contributed by atoms with Crippen molar-refractivity contribution in [2.75, 3.05) is 20.3 Å². The fraction of sp³-hybridized carbons (Fsp3) is 0.320. The third-order valence-corrected chi connectivity index (χ3v) is 5.26. The lowest BCUT2D eigenvalue weighted by atomic mass is 10.00. The molecule has 0 aliphatic carbocycles. The van der Waals surface area contributed by atoms with Crippen molar-refractivity contribution in [3.05, 3.63) is 58.4 Å². The summed E-state index contributed by atoms with van der Waals surface area (Å²) in [6.45, 7) is 2.06. The van der Waals surface area contributed by atoms with E-state index in [1.807, 2.05) is 24.3 Å². The molecule has 0 spiro atoms. The van der Waals surface area contributed by atoms with Gasteiger partial charge in [-0.2, -0.15) is 0 Å². The second-order valence-corrected chi connectivity index (χ2v) is 7.62. The van der Waals surface area contributed by atoms with Gasteiger partial charge in [0.2, 0.25) is 0 Å². The van der Waals surface area contributed by atoms with Gasteiger partial charge < -0.3 is 24.3 Å². The Morgan fingerprint density at radius 1 is 1.06 bits per heavy atom. The largest absolute Gasteiger partial charge is 0.497 e. The number of amides is 1. The molecule has 0 aliphatic heterocycles. The first-order valence-corrected chi connectivity index (χ1v) is 10.7. The van der Waals surface area contributed by atoms with Gasteiger partial charge in [0.25, 0.3) is 5.91 Å². The minimum absolute atomic E-state index is 0.134. The van der Waals surface area contributed by atoms with Gasteiger partial charge in [-0.05, 0) is 55.2 Å². The third-order valence-electron chi connectivity index (χ3n) is 5.26. The number of carboxylic acids is 1. The van der Waals surface area contributed by atoms with Crippen LogP contribution in [0.25, 0.3) is 22.1 Å². The summed E-state index contributed by atoms with van der Waals surface area (Å²) >= 11 is 0. The highest BCUT2D eigenvalue weighted by atomic mass is 16.5. The maximum atomic E-state index is 12.2. The topological polar surface area (TPSA) is 115 Å². The number of hydrogen-bond acceptors (Lipinski definition) is 6. The molecule has 0 bridgehead atoms. The highest BCUT2D eigenvalue weighted by Gasteiger charge is 2.14. The van der Waals surface area contributed by atoms with E-state index in [1.54, 1.807) is 26.2 Å². The van der Waals surface area contributed by atoms with E-state index in [0.717, 1.165) is 28.7 Å². The Kier molecular flexibility index (Phi) is 8.07. The van der Waals surface area contributed by atoms with Crippen LogP contribution in [0, 0.1) is 6.92 Å². The van der Waals surface area contributed by atoms with E-state index in [9.17, 15) is 14.4 Å². The van der Waals surface area contributed by atoms with Gasteiger partial charge in [-0.15, -0.1) is 0 Å². The predicted molar refractivity (Wildman–Crippen MR) is 124 cm³/mol. The second-order valence-electron chi connectivity index (χ2n) is 7.62. The zero-order valence-electron chi connectivity index (χ0n) is 18.7. The Balaban J connectivity index is 1.67. The number of methoxy groups -OCH3 is 1. The van der Waals surface area contributed by atoms with Crippen LogP contribution in [0.2, 0.25) is 0 Å². The molecule has 0 saturated carbocycles. The maximum Gasteiger partial charge on any atom is 0.336 e. The third kappa shape index (κ3) is 6.35. The fourth-order valence-corrected chi connectivity index (χ4v) is 3.51. The lowest BCUT2D eigenvalue weighted by Gasteiger charge is -2.13. The summed E-state index contributed by atoms with van der Waals surface area (Å²) in [4.78, 5) is 34.8. The van der Waals surface area contributed by atoms with E-state index in [4.69, 9.17) is 19.0 Å². The Morgan fingerprint density at radius 3 is 2.52 bits per heavy atom. The summed E-state index contributed by atoms with van der Waals surface area (Å²) in [5.41, 5.74) is 2.14. The van der Waals surface area contributed by atoms with Crippen LogP contribution in [0.5, 0.6) is 11.5 Å². The molecule has 33 heavy (non-hydrogen) atoms. The van der Waals surface area contributed by atoms with Gasteiger partial charge in [0.05, 0.1) is 7.11 Å². The van der Waals surface area contributed by atoms with Crippen molar-refractivity contribution in [3.8, 4) is 22.6 Å². The molecule has 8 nitrogen and oxygen atoms in total. The number of unbranched alkanes of at least 4 members (excludes halogenated alkanes) is 2. The molecule has 0 saturated heterocycles. The first-order valence-electron chi connectivity index (χ1n) is 10.7. The smallest absolute Gasteiger partial charge is 0.336 e. The Bertz CT molecular complexity index is 1180. The number of nitrogens with one attached hydrogen (secondary N) is 1. The summed E-state index contributed by atoms with van der Waals surface area (Å²) in [5.74, 6) is 0.0804. The number of benzene rings is 2. The van der Waals surface area contributed by atoms with Gasteiger partial charge in [0.15, 0.2) is 6.61 Å². The van der Waals surface area contributed by atoms with Gasteiger partial charge in [-0.25, -0.2) is 4.79 Å². The van der Waals surface area contributed by atoms with E-state index in [2.05, 4.69) is 5.32 Å². The number of ether oxygens (including phenoxy) is 2. The minimum atomic E-state index is -0.815. The van der Waals surface area contributed by atoms with Crippen LogP contribution >= 0.6 is 0 Å². The number of hydrogen-bond donors (Lipinski definition) is 2. The molecule has 2 aromatic carbocycles. The van der Waals surface area contributed by atoms with E-state index in [-0.39, 0.29) is 18.9 Å². The highest BCUT2D eigenvalue weighted by molar-refractivity contribution is 5.95. The van der Waals surface area contributed by atoms with Crippen molar-refractivity contribution in [3.63, 3.8) is 0 Å². The van der Waals surface area contributed by atoms with Crippen molar-refractivity contribution in [1.29, 1.82) is 0 Å². The Labute approximate surface area is 191 Å². The average Bonchev–Trinajstić information content (AvgIpc) is 2.80. The average molecular weight is 453 g/mol. The Morgan fingerprint density at radius 2 is 1.82 bits per heavy atom. The number of aryl methyl sites for hydroxylation is 1. The molecular formula is C25H27NO7. The number of fused-ring (bicyclic) bond motifs is 1. The zero-order valence-corrected chi connectivity index (χ0v) is 18.7. The van der Waals surface area contributed by atoms with Crippen LogP contribution in [0.4, 0.5) is 0 Å². The fourth-order valence-electron chi connectivity index (χ4n) is 3.51. The molecule has 0 atom stereocenters. The summed E-state index contributed by atoms with van der Waals surface area (Å²) in [5, 5.41) is 12.1. The van der Waals surface area contributed by atoms with Gasteiger partial charge in [-0.3, -0.25) is 9.59 Å². The van der Waals surface area contributed by atoms with Crippen LogP contribution in [0.3, 0.4) is 0 Å². The zero-order chi connectivity index (χ0) is 23.8. The first kappa shape index (κ1) is 23.8. The van der Waals surface area contributed by atoms with E-state index in [0.29, 0.717) is 36.3 Å². The van der Waals surface area contributed by atoms with E-state index in [1.165, 1.54) is 6.07 Å². The van der Waals surface area contributed by atoms with Gasteiger partial charge in [0.1, 0.15) is 17.1 Å². The Hall–Kier alpha value is -3.81. The second kappa shape index (κ2) is 11.2. The van der Waals surface area contributed by atoms with Gasteiger partial charge in [0, 0.05) is 30.0 Å². The number of carbonyl (C=O) groups excluding carboxylic acids is 1. The minimum Gasteiger partial charge on any atom is -0.497 e. The van der Waals surface area contributed by atoms with Crippen LogP contribution in [-0.2, 0) is 9.59 Å². The van der Waals surface area contributed by atoms with Crippen LogP contribution < -0.4 is 20.4 Å². The standard InChI is InChI=1S/C25H27NO7/c1-16-21(32-15-22(27)26-13-5-3-4-6-23(28)29)12-11-19-20(14-24(30)33-25(16)19)17-7-9-18(31-2)10-8-17/h7-12,14H,3-6,13,15H2,1-2H3,(H,26,27)(H,28,29). The molecule has 0 unspecified atom stereocenters. The molecule has 0 fully saturated rings. The normalized spacial score (nSPS) is 10.7. The molecule has 2 N–H and O–H groups in total. The molecule has 0 radical (unpaired) electrons. The molecule has 1 heterocycles. The number of carboxylic acid groups (broad SMARTS) is 1. The van der Waals surface area contributed by atoms with Crippen molar-refractivity contribution in [2.24, 2.45) is 0 Å². The quantitative estimate of drug-likeness (QED) is 0.334. The number of aliphatic carboxylic acids is 1.